The Bertz CT molecular complexity index is 959. The summed E-state index contributed by atoms with van der Waals surface area (Å²) in [5.74, 6) is 1.31. The number of halogens is 1. The van der Waals surface area contributed by atoms with E-state index in [1.165, 1.54) is 0 Å². The van der Waals surface area contributed by atoms with Crippen LogP contribution in [0.4, 0.5) is 11.5 Å². The first-order valence-electron chi connectivity index (χ1n) is 7.80. The van der Waals surface area contributed by atoms with Crippen LogP contribution in [-0.2, 0) is 0 Å². The van der Waals surface area contributed by atoms with Crippen LogP contribution in [0.3, 0.4) is 0 Å². The fourth-order valence-corrected chi connectivity index (χ4v) is 2.87. The number of rotatable bonds is 4. The van der Waals surface area contributed by atoms with Crippen molar-refractivity contribution < 1.29 is 4.74 Å². The molecule has 2 N–H and O–H groups in total. The predicted octanol–water partition coefficient (Wildman–Crippen LogP) is 4.88. The van der Waals surface area contributed by atoms with E-state index in [1.807, 2.05) is 45.0 Å². The van der Waals surface area contributed by atoms with Gasteiger partial charge >= 0.3 is 5.56 Å². The molecule has 0 atom stereocenters. The van der Waals surface area contributed by atoms with Crippen LogP contribution >= 0.6 is 11.6 Å². The van der Waals surface area contributed by atoms with Crippen molar-refractivity contribution in [3.05, 3.63) is 74.5 Å². The summed E-state index contributed by atoms with van der Waals surface area (Å²) in [5, 5.41) is 10.1. The molecule has 0 saturated heterocycles. The summed E-state index contributed by atoms with van der Waals surface area (Å²) in [5.41, 5.74) is 3.46. The largest absolute Gasteiger partial charge is 0.451 e. The Hall–Kier alpha value is -2.79. The van der Waals surface area contributed by atoms with Crippen LogP contribution < -0.4 is 15.6 Å². The normalized spacial score (nSPS) is 10.6. The Labute approximate surface area is 150 Å². The highest BCUT2D eigenvalue weighted by atomic mass is 35.5. The maximum Gasteiger partial charge on any atom is 0.307 e. The highest BCUT2D eigenvalue weighted by molar-refractivity contribution is 6.30. The van der Waals surface area contributed by atoms with Crippen molar-refractivity contribution in [1.29, 1.82) is 0 Å². The summed E-state index contributed by atoms with van der Waals surface area (Å²) in [6.07, 6.45) is 0. The number of anilines is 2. The number of aryl methyl sites for hydroxylation is 3. The lowest BCUT2D eigenvalue weighted by Gasteiger charge is -2.13. The van der Waals surface area contributed by atoms with E-state index in [2.05, 4.69) is 15.5 Å². The number of H-pyrrole nitrogens is 1. The van der Waals surface area contributed by atoms with Gasteiger partial charge in [0.15, 0.2) is 11.6 Å². The Morgan fingerprint density at radius 3 is 2.48 bits per heavy atom. The second kappa shape index (κ2) is 6.99. The molecule has 0 aliphatic rings. The first kappa shape index (κ1) is 17.0. The zero-order valence-corrected chi connectivity index (χ0v) is 14.9. The fourth-order valence-electron chi connectivity index (χ4n) is 2.68. The van der Waals surface area contributed by atoms with Gasteiger partial charge in [-0.05, 0) is 50.1 Å². The minimum atomic E-state index is -0.393. The smallest absolute Gasteiger partial charge is 0.307 e. The molecule has 0 unspecified atom stereocenters. The van der Waals surface area contributed by atoms with Crippen molar-refractivity contribution in [3.8, 4) is 11.5 Å². The van der Waals surface area contributed by atoms with Gasteiger partial charge in [-0.2, -0.15) is 5.10 Å². The standard InChI is InChI=1S/C19H18ClN3O2/c1-11-7-12(2)18(13(3)8-11)25-16-10-17(22-23-19(16)24)21-15-6-4-5-14(20)9-15/h4-10H,1-3H3,(H,21,22)(H,23,24). The van der Waals surface area contributed by atoms with Gasteiger partial charge in [-0.1, -0.05) is 35.4 Å². The zero-order chi connectivity index (χ0) is 18.0. The van der Waals surface area contributed by atoms with Gasteiger partial charge in [-0.25, -0.2) is 5.10 Å². The molecule has 0 radical (unpaired) electrons. The molecule has 0 fully saturated rings. The van der Waals surface area contributed by atoms with Gasteiger partial charge in [0.05, 0.1) is 0 Å². The van der Waals surface area contributed by atoms with E-state index in [0.29, 0.717) is 16.6 Å². The van der Waals surface area contributed by atoms with E-state index in [0.717, 1.165) is 22.4 Å². The molecule has 0 amide bonds. The van der Waals surface area contributed by atoms with E-state index >= 15 is 0 Å². The molecule has 6 heteroatoms. The lowest BCUT2D eigenvalue weighted by molar-refractivity contribution is 0.465. The van der Waals surface area contributed by atoms with Crippen molar-refractivity contribution >= 4 is 23.1 Å². The number of hydrogen-bond acceptors (Lipinski definition) is 4. The summed E-state index contributed by atoms with van der Waals surface area (Å²) in [6.45, 7) is 5.93. The SMILES string of the molecule is Cc1cc(C)c(Oc2cc(Nc3cccc(Cl)c3)n[nH]c2=O)c(C)c1. The molecule has 1 heterocycles. The summed E-state index contributed by atoms with van der Waals surface area (Å²) >= 11 is 5.98. The maximum atomic E-state index is 12.1. The zero-order valence-electron chi connectivity index (χ0n) is 14.2. The van der Waals surface area contributed by atoms with Gasteiger partial charge in [0.1, 0.15) is 5.75 Å². The summed E-state index contributed by atoms with van der Waals surface area (Å²) in [7, 11) is 0. The molecule has 0 spiro atoms. The maximum absolute atomic E-state index is 12.1. The highest BCUT2D eigenvalue weighted by Gasteiger charge is 2.11. The molecule has 25 heavy (non-hydrogen) atoms. The molecular weight excluding hydrogens is 338 g/mol. The highest BCUT2D eigenvalue weighted by Crippen LogP contribution is 2.29. The van der Waals surface area contributed by atoms with Crippen LogP contribution in [0.2, 0.25) is 5.02 Å². The van der Waals surface area contributed by atoms with E-state index in [4.69, 9.17) is 16.3 Å². The van der Waals surface area contributed by atoms with Gasteiger partial charge < -0.3 is 10.1 Å². The Kier molecular flexibility index (Phi) is 4.76. The van der Waals surface area contributed by atoms with E-state index in [1.54, 1.807) is 18.2 Å². The molecule has 128 valence electrons. The molecule has 0 aliphatic heterocycles. The number of aromatic nitrogens is 2. The molecule has 0 aliphatic carbocycles. The third-order valence-corrected chi connectivity index (χ3v) is 3.92. The van der Waals surface area contributed by atoms with Crippen LogP contribution in [0.15, 0.2) is 47.3 Å². The molecule has 0 bridgehead atoms. The third-order valence-electron chi connectivity index (χ3n) is 3.68. The molecule has 5 nitrogen and oxygen atoms in total. The first-order chi connectivity index (χ1) is 11.9. The van der Waals surface area contributed by atoms with Crippen LogP contribution in [0.25, 0.3) is 0 Å². The average Bonchev–Trinajstić information content (AvgIpc) is 2.53. The minimum absolute atomic E-state index is 0.176. The predicted molar refractivity (Wildman–Crippen MR) is 100 cm³/mol. The number of aromatic amines is 1. The molecule has 0 saturated carbocycles. The Morgan fingerprint density at radius 1 is 1.08 bits per heavy atom. The lowest BCUT2D eigenvalue weighted by atomic mass is 10.1. The van der Waals surface area contributed by atoms with Gasteiger partial charge in [0, 0.05) is 16.8 Å². The van der Waals surface area contributed by atoms with Crippen LogP contribution in [0, 0.1) is 20.8 Å². The third kappa shape index (κ3) is 4.00. The average molecular weight is 356 g/mol. The number of hydrogen-bond donors (Lipinski definition) is 2. The lowest BCUT2D eigenvalue weighted by Crippen LogP contribution is -2.12. The molecule has 2 aromatic carbocycles. The Balaban J connectivity index is 1.91. The van der Waals surface area contributed by atoms with Crippen molar-refractivity contribution in [2.75, 3.05) is 5.32 Å². The van der Waals surface area contributed by atoms with Crippen molar-refractivity contribution in [1.82, 2.24) is 10.2 Å². The van der Waals surface area contributed by atoms with Gasteiger partial charge in [-0.15, -0.1) is 0 Å². The second-order valence-electron chi connectivity index (χ2n) is 5.91. The quantitative estimate of drug-likeness (QED) is 0.699. The van der Waals surface area contributed by atoms with Gasteiger partial charge in [0.25, 0.3) is 0 Å². The summed E-state index contributed by atoms with van der Waals surface area (Å²) < 4.78 is 5.88. The second-order valence-corrected chi connectivity index (χ2v) is 6.35. The fraction of sp³-hybridized carbons (Fsp3) is 0.158. The van der Waals surface area contributed by atoms with Gasteiger partial charge in [-0.3, -0.25) is 4.79 Å². The van der Waals surface area contributed by atoms with E-state index in [-0.39, 0.29) is 5.75 Å². The van der Waals surface area contributed by atoms with Crippen molar-refractivity contribution in [2.24, 2.45) is 0 Å². The monoisotopic (exact) mass is 355 g/mol. The van der Waals surface area contributed by atoms with Crippen LogP contribution in [0.1, 0.15) is 16.7 Å². The van der Waals surface area contributed by atoms with Crippen molar-refractivity contribution in [2.45, 2.75) is 20.8 Å². The molecule has 1 aromatic heterocycles. The van der Waals surface area contributed by atoms with E-state index < -0.39 is 5.56 Å². The van der Waals surface area contributed by atoms with E-state index in [9.17, 15) is 4.79 Å². The van der Waals surface area contributed by atoms with Crippen molar-refractivity contribution in [3.63, 3.8) is 0 Å². The first-order valence-corrected chi connectivity index (χ1v) is 8.18. The minimum Gasteiger partial charge on any atom is -0.451 e. The van der Waals surface area contributed by atoms with Gasteiger partial charge in [0.2, 0.25) is 0 Å². The number of benzene rings is 2. The Morgan fingerprint density at radius 2 is 1.80 bits per heavy atom. The van der Waals surface area contributed by atoms with Crippen LogP contribution in [-0.4, -0.2) is 10.2 Å². The number of nitrogens with one attached hydrogen (secondary N) is 2. The molecular formula is C19H18ClN3O2. The van der Waals surface area contributed by atoms with Crippen LogP contribution in [0.5, 0.6) is 11.5 Å². The number of nitrogens with zero attached hydrogens (tertiary/aromatic N) is 1. The molecule has 3 aromatic rings. The summed E-state index contributed by atoms with van der Waals surface area (Å²) in [6, 6.07) is 12.8. The molecule has 3 rings (SSSR count). The summed E-state index contributed by atoms with van der Waals surface area (Å²) in [4.78, 5) is 12.1. The topological polar surface area (TPSA) is 67.0 Å². The number of ether oxygens (including phenoxy) is 1.